The number of hydrogen-bond acceptors (Lipinski definition) is 2. The number of rotatable bonds is 7. The summed E-state index contributed by atoms with van der Waals surface area (Å²) in [4.78, 5) is 5.00. The van der Waals surface area contributed by atoms with Gasteiger partial charge in [-0.05, 0) is 69.8 Å². The molecule has 2 heterocycles. The molecule has 4 nitrogen and oxygen atoms in total. The minimum Gasteiger partial charge on any atom is -0.309 e. The van der Waals surface area contributed by atoms with Crippen LogP contribution in [0.2, 0.25) is 0 Å². The molecular formula is C50H34N4. The lowest BCUT2D eigenvalue weighted by atomic mass is 9.89. The Morgan fingerprint density at radius 2 is 0.741 bits per heavy atom. The van der Waals surface area contributed by atoms with Crippen molar-refractivity contribution in [3.63, 3.8) is 0 Å². The maximum atomic E-state index is 5.00. The molecule has 0 aliphatic rings. The van der Waals surface area contributed by atoms with Crippen molar-refractivity contribution in [3.05, 3.63) is 206 Å². The van der Waals surface area contributed by atoms with Crippen molar-refractivity contribution in [2.45, 2.75) is 0 Å². The molecule has 0 unspecified atom stereocenters. The number of fused-ring (bicyclic) bond motifs is 3. The van der Waals surface area contributed by atoms with Gasteiger partial charge in [0.25, 0.3) is 0 Å². The van der Waals surface area contributed by atoms with E-state index in [9.17, 15) is 0 Å². The van der Waals surface area contributed by atoms with Crippen molar-refractivity contribution in [3.8, 4) is 67.5 Å². The van der Waals surface area contributed by atoms with Crippen LogP contribution in [0.15, 0.2) is 206 Å². The van der Waals surface area contributed by atoms with Crippen LogP contribution in [-0.2, 0) is 0 Å². The molecule has 0 N–H and O–H groups in total. The third kappa shape index (κ3) is 5.49. The van der Waals surface area contributed by atoms with Gasteiger partial charge in [-0.2, -0.15) is 0 Å². The number of para-hydroxylation sites is 2. The molecule has 0 saturated carbocycles. The SMILES string of the molecule is c1ccc(-c2nc(-c3ccccc3)n(-c3ccc(-c4ccccc4-c4ccccc4-c4ccc(-n5c6ccccc6c6ccccc65)cc4)cc3)n2)cc1. The Morgan fingerprint density at radius 1 is 0.315 bits per heavy atom. The lowest BCUT2D eigenvalue weighted by Crippen LogP contribution is -1.99. The molecule has 0 radical (unpaired) electrons. The van der Waals surface area contributed by atoms with E-state index in [1.807, 2.05) is 53.2 Å². The summed E-state index contributed by atoms with van der Waals surface area (Å²) in [6.45, 7) is 0. The van der Waals surface area contributed by atoms with Crippen LogP contribution in [0, 0.1) is 0 Å². The minimum absolute atomic E-state index is 0.698. The molecule has 0 spiro atoms. The summed E-state index contributed by atoms with van der Waals surface area (Å²) < 4.78 is 4.32. The topological polar surface area (TPSA) is 35.6 Å². The molecule has 0 atom stereocenters. The average molecular weight is 691 g/mol. The van der Waals surface area contributed by atoms with Gasteiger partial charge in [-0.15, -0.1) is 5.10 Å². The fraction of sp³-hybridized carbons (Fsp3) is 0. The van der Waals surface area contributed by atoms with Crippen LogP contribution < -0.4 is 0 Å². The monoisotopic (exact) mass is 690 g/mol. The Kier molecular flexibility index (Phi) is 7.77. The highest BCUT2D eigenvalue weighted by Gasteiger charge is 2.17. The molecule has 4 heteroatoms. The molecule has 8 aromatic carbocycles. The summed E-state index contributed by atoms with van der Waals surface area (Å²) in [7, 11) is 0. The number of hydrogen-bond donors (Lipinski definition) is 0. The van der Waals surface area contributed by atoms with Crippen LogP contribution in [0.4, 0.5) is 0 Å². The first kappa shape index (κ1) is 31.4. The van der Waals surface area contributed by atoms with E-state index < -0.39 is 0 Å². The maximum absolute atomic E-state index is 5.00. The first-order valence-corrected chi connectivity index (χ1v) is 18.3. The number of aromatic nitrogens is 4. The van der Waals surface area contributed by atoms with Crippen molar-refractivity contribution in [1.82, 2.24) is 19.3 Å². The van der Waals surface area contributed by atoms with Gasteiger partial charge >= 0.3 is 0 Å². The van der Waals surface area contributed by atoms with Gasteiger partial charge in [0, 0.05) is 27.6 Å². The summed E-state index contributed by atoms with van der Waals surface area (Å²) in [6.07, 6.45) is 0. The van der Waals surface area contributed by atoms with E-state index in [-0.39, 0.29) is 0 Å². The molecule has 54 heavy (non-hydrogen) atoms. The summed E-state index contributed by atoms with van der Waals surface area (Å²) in [5, 5.41) is 7.53. The summed E-state index contributed by atoms with van der Waals surface area (Å²) in [5.74, 6) is 1.50. The maximum Gasteiger partial charge on any atom is 0.182 e. The molecule has 10 aromatic rings. The van der Waals surface area contributed by atoms with Gasteiger partial charge in [0.05, 0.1) is 16.7 Å². The highest BCUT2D eigenvalue weighted by atomic mass is 15.4. The van der Waals surface area contributed by atoms with Gasteiger partial charge < -0.3 is 4.57 Å². The van der Waals surface area contributed by atoms with Gasteiger partial charge in [-0.25, -0.2) is 9.67 Å². The smallest absolute Gasteiger partial charge is 0.182 e. The first-order valence-electron chi connectivity index (χ1n) is 18.3. The molecular weight excluding hydrogens is 657 g/mol. The number of benzene rings is 8. The van der Waals surface area contributed by atoms with Crippen LogP contribution in [0.1, 0.15) is 0 Å². The van der Waals surface area contributed by atoms with Crippen LogP contribution >= 0.6 is 0 Å². The Balaban J connectivity index is 1.02. The minimum atomic E-state index is 0.698. The second-order valence-corrected chi connectivity index (χ2v) is 13.5. The lowest BCUT2D eigenvalue weighted by Gasteiger charge is -2.16. The van der Waals surface area contributed by atoms with Gasteiger partial charge in [-0.1, -0.05) is 170 Å². The molecule has 0 aliphatic heterocycles. The lowest BCUT2D eigenvalue weighted by molar-refractivity contribution is 0.891. The standard InChI is InChI=1S/C50H34N4/c1-3-15-37(16-4-1)49-51-50(38-17-5-2-6-18-38)54(52-49)40-33-29-36(30-34-40)42-20-8-10-22-44(42)43-21-9-7-19-41(43)35-27-31-39(32-28-35)53-47-25-13-11-23-45(47)46-24-12-14-26-48(46)53/h1-34H. The predicted octanol–water partition coefficient (Wildman–Crippen LogP) is 12.7. The molecule has 0 amide bonds. The van der Waals surface area contributed by atoms with E-state index in [1.54, 1.807) is 0 Å². The van der Waals surface area contributed by atoms with E-state index in [0.29, 0.717) is 5.82 Å². The van der Waals surface area contributed by atoms with Gasteiger partial charge in [-0.3, -0.25) is 0 Å². The van der Waals surface area contributed by atoms with Crippen LogP contribution in [0.3, 0.4) is 0 Å². The fourth-order valence-corrected chi connectivity index (χ4v) is 7.69. The Hall–Kier alpha value is -7.30. The second kappa shape index (κ2) is 13.4. The highest BCUT2D eigenvalue weighted by Crippen LogP contribution is 2.39. The van der Waals surface area contributed by atoms with E-state index in [2.05, 4.69) is 162 Å². The summed E-state index contributed by atoms with van der Waals surface area (Å²) >= 11 is 0. The van der Waals surface area contributed by atoms with Crippen molar-refractivity contribution in [2.75, 3.05) is 0 Å². The van der Waals surface area contributed by atoms with Crippen LogP contribution in [-0.4, -0.2) is 19.3 Å². The predicted molar refractivity (Wildman–Crippen MR) is 223 cm³/mol. The van der Waals surface area contributed by atoms with Crippen LogP contribution in [0.25, 0.3) is 89.3 Å². The highest BCUT2D eigenvalue weighted by molar-refractivity contribution is 6.09. The molecule has 0 fully saturated rings. The van der Waals surface area contributed by atoms with Gasteiger partial charge in [0.1, 0.15) is 0 Å². The molecule has 0 bridgehead atoms. The Labute approximate surface area is 313 Å². The first-order chi connectivity index (χ1) is 26.8. The van der Waals surface area contributed by atoms with Crippen molar-refractivity contribution >= 4 is 21.8 Å². The Bertz CT molecular complexity index is 2850. The zero-order chi connectivity index (χ0) is 35.8. The molecule has 254 valence electrons. The molecule has 2 aromatic heterocycles. The number of nitrogens with zero attached hydrogens (tertiary/aromatic N) is 4. The zero-order valence-electron chi connectivity index (χ0n) is 29.4. The molecule has 10 rings (SSSR count). The van der Waals surface area contributed by atoms with E-state index in [0.717, 1.165) is 33.9 Å². The van der Waals surface area contributed by atoms with Crippen molar-refractivity contribution in [2.24, 2.45) is 0 Å². The van der Waals surface area contributed by atoms with E-state index in [4.69, 9.17) is 10.1 Å². The quantitative estimate of drug-likeness (QED) is 0.167. The Morgan fingerprint density at radius 3 is 1.28 bits per heavy atom. The molecule has 0 saturated heterocycles. The third-order valence-electron chi connectivity index (χ3n) is 10.3. The zero-order valence-corrected chi connectivity index (χ0v) is 29.4. The summed E-state index contributed by atoms with van der Waals surface area (Å²) in [5.41, 5.74) is 13.6. The van der Waals surface area contributed by atoms with E-state index >= 15 is 0 Å². The summed E-state index contributed by atoms with van der Waals surface area (Å²) in [6, 6.07) is 72.8. The van der Waals surface area contributed by atoms with Crippen LogP contribution in [0.5, 0.6) is 0 Å². The van der Waals surface area contributed by atoms with Crippen molar-refractivity contribution < 1.29 is 0 Å². The molecule has 0 aliphatic carbocycles. The van der Waals surface area contributed by atoms with Gasteiger partial charge in [0.2, 0.25) is 0 Å². The largest absolute Gasteiger partial charge is 0.309 e. The van der Waals surface area contributed by atoms with Gasteiger partial charge in [0.15, 0.2) is 11.6 Å². The third-order valence-corrected chi connectivity index (χ3v) is 10.3. The van der Waals surface area contributed by atoms with Crippen molar-refractivity contribution in [1.29, 1.82) is 0 Å². The van der Waals surface area contributed by atoms with E-state index in [1.165, 1.54) is 49.6 Å². The average Bonchev–Trinajstić information content (AvgIpc) is 3.85. The normalized spacial score (nSPS) is 11.3. The second-order valence-electron chi connectivity index (χ2n) is 13.5. The fourth-order valence-electron chi connectivity index (χ4n) is 7.69.